The minimum Gasteiger partial charge on any atom is -0.332 e. The third kappa shape index (κ3) is 2.79. The molecule has 0 saturated heterocycles. The van der Waals surface area contributed by atoms with Crippen LogP contribution in [0.3, 0.4) is 0 Å². The van der Waals surface area contributed by atoms with Crippen LogP contribution in [0.25, 0.3) is 0 Å². The van der Waals surface area contributed by atoms with Crippen molar-refractivity contribution in [3.05, 3.63) is 28.6 Å². The fourth-order valence-electron chi connectivity index (χ4n) is 3.57. The minimum absolute atomic E-state index is 0.175. The quantitative estimate of drug-likeness (QED) is 0.816. The normalized spacial score (nSPS) is 16.9. The zero-order valence-corrected chi connectivity index (χ0v) is 13.7. The number of amides is 1. The molecule has 0 fully saturated rings. The Morgan fingerprint density at radius 1 is 1.20 bits per heavy atom. The van der Waals surface area contributed by atoms with Crippen molar-refractivity contribution < 1.29 is 18.0 Å². The maximum atomic E-state index is 13.1. The molecule has 2 aliphatic rings. The highest BCUT2D eigenvalue weighted by Gasteiger charge is 2.40. The molecule has 25 heavy (non-hydrogen) atoms. The van der Waals surface area contributed by atoms with Gasteiger partial charge in [0.2, 0.25) is 5.91 Å². The average Bonchev–Trinajstić information content (AvgIpc) is 3.20. The highest BCUT2D eigenvalue weighted by molar-refractivity contribution is 5.76. The molecule has 0 saturated carbocycles. The zero-order chi connectivity index (χ0) is 17.8. The van der Waals surface area contributed by atoms with Gasteiger partial charge in [0.15, 0.2) is 5.69 Å². The Morgan fingerprint density at radius 3 is 2.76 bits per heavy atom. The van der Waals surface area contributed by atoms with E-state index in [0.29, 0.717) is 56.2 Å². The number of hydrogen-bond acceptors (Lipinski definition) is 4. The van der Waals surface area contributed by atoms with Crippen molar-refractivity contribution in [2.75, 3.05) is 6.54 Å². The highest BCUT2D eigenvalue weighted by atomic mass is 19.4. The summed E-state index contributed by atoms with van der Waals surface area (Å²) in [6.07, 6.45) is -2.93. The molecule has 0 atom stereocenters. The summed E-state index contributed by atoms with van der Waals surface area (Å²) in [4.78, 5) is 18.4. The Morgan fingerprint density at radius 2 is 2.00 bits per heavy atom. The zero-order valence-electron chi connectivity index (χ0n) is 13.7. The molecule has 1 aliphatic heterocycles. The molecule has 2 aromatic heterocycles. The SMILES string of the molecule is Cc1nc2n(n1)CCN(C(=O)Cn1nc(C(F)(F)F)c3c1CCC3)C2. The summed E-state index contributed by atoms with van der Waals surface area (Å²) in [7, 11) is 0. The van der Waals surface area contributed by atoms with Crippen molar-refractivity contribution >= 4 is 5.91 Å². The molecule has 134 valence electrons. The van der Waals surface area contributed by atoms with Crippen LogP contribution in [-0.4, -0.2) is 41.9 Å². The lowest BCUT2D eigenvalue weighted by molar-refractivity contribution is -0.142. The van der Waals surface area contributed by atoms with Crippen LogP contribution in [0, 0.1) is 6.92 Å². The maximum Gasteiger partial charge on any atom is 0.435 e. The smallest absolute Gasteiger partial charge is 0.332 e. The predicted molar refractivity (Wildman–Crippen MR) is 79.4 cm³/mol. The Balaban J connectivity index is 1.54. The lowest BCUT2D eigenvalue weighted by Crippen LogP contribution is -2.40. The van der Waals surface area contributed by atoms with E-state index in [1.54, 1.807) is 16.5 Å². The van der Waals surface area contributed by atoms with Crippen LogP contribution in [0.15, 0.2) is 0 Å². The van der Waals surface area contributed by atoms with Crippen LogP contribution in [0.5, 0.6) is 0 Å². The summed E-state index contributed by atoms with van der Waals surface area (Å²) in [6, 6.07) is 0. The van der Waals surface area contributed by atoms with E-state index < -0.39 is 11.9 Å². The number of fused-ring (bicyclic) bond motifs is 2. The number of carbonyl (C=O) groups excluding carboxylic acids is 1. The first kappa shape index (κ1) is 16.1. The van der Waals surface area contributed by atoms with Gasteiger partial charge in [0.05, 0.1) is 13.1 Å². The summed E-state index contributed by atoms with van der Waals surface area (Å²) >= 11 is 0. The lowest BCUT2D eigenvalue weighted by atomic mass is 10.2. The van der Waals surface area contributed by atoms with Gasteiger partial charge in [0, 0.05) is 17.8 Å². The number of nitrogens with zero attached hydrogens (tertiary/aromatic N) is 6. The van der Waals surface area contributed by atoms with Crippen molar-refractivity contribution in [1.29, 1.82) is 0 Å². The number of aromatic nitrogens is 5. The van der Waals surface area contributed by atoms with Crippen molar-refractivity contribution in [1.82, 2.24) is 29.4 Å². The first-order valence-corrected chi connectivity index (χ1v) is 8.17. The van der Waals surface area contributed by atoms with Crippen LogP contribution in [0.1, 0.15) is 35.0 Å². The molecular formula is C15H17F3N6O. The third-order valence-corrected chi connectivity index (χ3v) is 4.68. The van der Waals surface area contributed by atoms with Crippen LogP contribution in [0.4, 0.5) is 13.2 Å². The monoisotopic (exact) mass is 354 g/mol. The number of carbonyl (C=O) groups is 1. The van der Waals surface area contributed by atoms with Gasteiger partial charge in [-0.3, -0.25) is 9.48 Å². The van der Waals surface area contributed by atoms with E-state index in [4.69, 9.17) is 0 Å². The molecule has 0 unspecified atom stereocenters. The summed E-state index contributed by atoms with van der Waals surface area (Å²) in [5.41, 5.74) is -0.0622. The second-order valence-electron chi connectivity index (χ2n) is 6.40. The second kappa shape index (κ2) is 5.57. The number of hydrogen-bond donors (Lipinski definition) is 0. The summed E-state index contributed by atoms with van der Waals surface area (Å²) in [5, 5.41) is 7.93. The Bertz CT molecular complexity index is 837. The van der Waals surface area contributed by atoms with Crippen molar-refractivity contribution in [2.24, 2.45) is 0 Å². The maximum absolute atomic E-state index is 13.1. The summed E-state index contributed by atoms with van der Waals surface area (Å²) < 4.78 is 42.4. The van der Waals surface area contributed by atoms with E-state index >= 15 is 0 Å². The molecule has 0 spiro atoms. The molecule has 3 heterocycles. The van der Waals surface area contributed by atoms with Gasteiger partial charge in [-0.25, -0.2) is 9.67 Å². The number of alkyl halides is 3. The molecule has 4 rings (SSSR count). The topological polar surface area (TPSA) is 68.8 Å². The van der Waals surface area contributed by atoms with Gasteiger partial charge in [-0.1, -0.05) is 0 Å². The average molecular weight is 354 g/mol. The Kier molecular flexibility index (Phi) is 3.58. The molecule has 0 N–H and O–H groups in total. The van der Waals surface area contributed by atoms with Gasteiger partial charge < -0.3 is 4.90 Å². The molecule has 7 nitrogen and oxygen atoms in total. The van der Waals surface area contributed by atoms with E-state index in [1.807, 2.05) is 0 Å². The molecule has 0 radical (unpaired) electrons. The van der Waals surface area contributed by atoms with Crippen LogP contribution in [-0.2, 0) is 43.4 Å². The third-order valence-electron chi connectivity index (χ3n) is 4.68. The van der Waals surface area contributed by atoms with Crippen LogP contribution >= 0.6 is 0 Å². The molecular weight excluding hydrogens is 337 g/mol. The van der Waals surface area contributed by atoms with Crippen molar-refractivity contribution in [3.8, 4) is 0 Å². The number of rotatable bonds is 2. The molecule has 1 amide bonds. The van der Waals surface area contributed by atoms with Gasteiger partial charge in [-0.05, 0) is 26.2 Å². The first-order chi connectivity index (χ1) is 11.8. The van der Waals surface area contributed by atoms with Gasteiger partial charge in [-0.15, -0.1) is 0 Å². The largest absolute Gasteiger partial charge is 0.435 e. The van der Waals surface area contributed by atoms with Crippen LogP contribution < -0.4 is 0 Å². The number of halogens is 3. The Hall–Kier alpha value is -2.39. The molecule has 0 bridgehead atoms. The molecule has 10 heteroatoms. The molecule has 0 aromatic carbocycles. The van der Waals surface area contributed by atoms with Crippen molar-refractivity contribution in [3.63, 3.8) is 0 Å². The predicted octanol–water partition coefficient (Wildman–Crippen LogP) is 1.33. The van der Waals surface area contributed by atoms with Crippen molar-refractivity contribution in [2.45, 2.75) is 52.0 Å². The van der Waals surface area contributed by atoms with Gasteiger partial charge in [0.1, 0.15) is 18.2 Å². The lowest BCUT2D eigenvalue weighted by Gasteiger charge is -2.26. The molecule has 1 aliphatic carbocycles. The van der Waals surface area contributed by atoms with E-state index in [9.17, 15) is 18.0 Å². The second-order valence-corrected chi connectivity index (χ2v) is 6.40. The van der Waals surface area contributed by atoms with Gasteiger partial charge >= 0.3 is 6.18 Å². The fourth-order valence-corrected chi connectivity index (χ4v) is 3.57. The summed E-state index contributed by atoms with van der Waals surface area (Å²) in [5.74, 6) is 1.08. The van der Waals surface area contributed by atoms with Gasteiger partial charge in [0.25, 0.3) is 0 Å². The van der Waals surface area contributed by atoms with E-state index in [1.165, 1.54) is 4.68 Å². The summed E-state index contributed by atoms with van der Waals surface area (Å²) in [6.45, 7) is 2.92. The standard InChI is InChI=1S/C15H17F3N6O/c1-9-19-12-7-22(5-6-23(12)20-9)13(25)8-24-11-4-2-3-10(11)14(21-24)15(16,17)18/h2-8H2,1H3. The van der Waals surface area contributed by atoms with E-state index in [-0.39, 0.29) is 18.0 Å². The van der Waals surface area contributed by atoms with E-state index in [0.717, 1.165) is 0 Å². The van der Waals surface area contributed by atoms with Gasteiger partial charge in [-0.2, -0.15) is 23.4 Å². The fraction of sp³-hybridized carbons (Fsp3) is 0.600. The van der Waals surface area contributed by atoms with Crippen LogP contribution in [0.2, 0.25) is 0 Å². The molecule has 2 aromatic rings. The first-order valence-electron chi connectivity index (χ1n) is 8.17. The van der Waals surface area contributed by atoms with E-state index in [2.05, 4.69) is 15.2 Å². The Labute approximate surface area is 141 Å². The minimum atomic E-state index is -4.48. The number of aryl methyl sites for hydroxylation is 1. The highest BCUT2D eigenvalue weighted by Crippen LogP contribution is 2.36.